The summed E-state index contributed by atoms with van der Waals surface area (Å²) in [6.45, 7) is 6.31. The van der Waals surface area contributed by atoms with Crippen molar-refractivity contribution in [2.24, 2.45) is 5.41 Å². The Balaban J connectivity index is 1.90. The lowest BCUT2D eigenvalue weighted by Crippen LogP contribution is -2.09. The minimum absolute atomic E-state index is 0.0321. The van der Waals surface area contributed by atoms with Crippen LogP contribution in [-0.2, 0) is 6.42 Å². The summed E-state index contributed by atoms with van der Waals surface area (Å²) < 4.78 is 5.31. The summed E-state index contributed by atoms with van der Waals surface area (Å²) in [5.41, 5.74) is 2.44. The molecule has 0 aliphatic heterocycles. The van der Waals surface area contributed by atoms with E-state index in [1.54, 1.807) is 24.3 Å². The number of phenols is 1. The number of hydrogen-bond acceptors (Lipinski definition) is 5. The Hall–Kier alpha value is -3.15. The Kier molecular flexibility index (Phi) is 4.50. The van der Waals surface area contributed by atoms with Crippen molar-refractivity contribution in [3.05, 3.63) is 53.6 Å². The second-order valence-corrected chi connectivity index (χ2v) is 7.39. The van der Waals surface area contributed by atoms with E-state index in [2.05, 4.69) is 30.9 Å². The van der Waals surface area contributed by atoms with Gasteiger partial charge in [0.25, 0.3) is 5.89 Å². The van der Waals surface area contributed by atoms with Gasteiger partial charge in [-0.1, -0.05) is 25.9 Å². The van der Waals surface area contributed by atoms with Crippen LogP contribution in [0.4, 0.5) is 0 Å². The standard InChI is InChI=1S/C20H20N2O4/c1-20(2,3)11-15-10-14(8-9-16(15)23)17-21-18(26-22-17)12-4-6-13(7-5-12)19(24)25/h4-10,23H,11H2,1-3H3,(H,24,25). The first-order valence-electron chi connectivity index (χ1n) is 8.23. The lowest BCUT2D eigenvalue weighted by Gasteiger charge is -2.19. The summed E-state index contributed by atoms with van der Waals surface area (Å²) in [6.07, 6.45) is 0.716. The Morgan fingerprint density at radius 1 is 1.08 bits per heavy atom. The van der Waals surface area contributed by atoms with Gasteiger partial charge in [0.1, 0.15) is 5.75 Å². The monoisotopic (exact) mass is 352 g/mol. The second kappa shape index (κ2) is 6.63. The molecule has 0 aliphatic rings. The normalized spacial score (nSPS) is 11.5. The highest BCUT2D eigenvalue weighted by Crippen LogP contribution is 2.31. The molecule has 26 heavy (non-hydrogen) atoms. The Bertz CT molecular complexity index is 937. The molecular formula is C20H20N2O4. The molecule has 0 amide bonds. The highest BCUT2D eigenvalue weighted by atomic mass is 16.5. The fourth-order valence-electron chi connectivity index (χ4n) is 2.65. The number of hydrogen-bond donors (Lipinski definition) is 2. The number of aromatic hydroxyl groups is 1. The van der Waals surface area contributed by atoms with Gasteiger partial charge in [-0.15, -0.1) is 0 Å². The Morgan fingerprint density at radius 2 is 1.73 bits per heavy atom. The van der Waals surface area contributed by atoms with Crippen molar-refractivity contribution in [2.75, 3.05) is 0 Å². The summed E-state index contributed by atoms with van der Waals surface area (Å²) in [7, 11) is 0. The highest BCUT2D eigenvalue weighted by Gasteiger charge is 2.17. The molecule has 134 valence electrons. The van der Waals surface area contributed by atoms with Gasteiger partial charge in [-0.25, -0.2) is 4.79 Å². The zero-order chi connectivity index (χ0) is 18.9. The third kappa shape index (κ3) is 3.91. The molecule has 6 nitrogen and oxygen atoms in total. The molecule has 6 heteroatoms. The molecule has 0 unspecified atom stereocenters. The van der Waals surface area contributed by atoms with Gasteiger partial charge >= 0.3 is 5.97 Å². The van der Waals surface area contributed by atoms with Crippen LogP contribution in [0.5, 0.6) is 5.75 Å². The third-order valence-corrected chi connectivity index (χ3v) is 3.86. The van der Waals surface area contributed by atoms with Crippen molar-refractivity contribution in [1.82, 2.24) is 10.1 Å². The molecule has 0 aliphatic carbocycles. The van der Waals surface area contributed by atoms with Crippen molar-refractivity contribution in [3.63, 3.8) is 0 Å². The molecule has 0 saturated carbocycles. The predicted octanol–water partition coefficient (Wildman–Crippen LogP) is 4.40. The molecule has 0 saturated heterocycles. The van der Waals surface area contributed by atoms with E-state index in [-0.39, 0.29) is 16.7 Å². The van der Waals surface area contributed by atoms with Crippen LogP contribution in [0.1, 0.15) is 36.7 Å². The minimum Gasteiger partial charge on any atom is -0.508 e. The summed E-state index contributed by atoms with van der Waals surface area (Å²) in [4.78, 5) is 15.3. The van der Waals surface area contributed by atoms with Crippen molar-refractivity contribution >= 4 is 5.97 Å². The summed E-state index contributed by atoms with van der Waals surface area (Å²) in [5, 5.41) is 23.0. The van der Waals surface area contributed by atoms with Gasteiger partial charge in [0.15, 0.2) is 0 Å². The number of phenolic OH excluding ortho intramolecular Hbond substituents is 1. The van der Waals surface area contributed by atoms with Crippen molar-refractivity contribution < 1.29 is 19.5 Å². The van der Waals surface area contributed by atoms with Crippen LogP contribution in [0, 0.1) is 5.41 Å². The molecule has 3 aromatic rings. The van der Waals surface area contributed by atoms with Gasteiger partial charge in [-0.2, -0.15) is 4.98 Å². The molecule has 2 N–H and O–H groups in total. The summed E-state index contributed by atoms with van der Waals surface area (Å²) >= 11 is 0. The zero-order valence-corrected chi connectivity index (χ0v) is 14.9. The topological polar surface area (TPSA) is 96.5 Å². The lowest BCUT2D eigenvalue weighted by atomic mass is 9.87. The van der Waals surface area contributed by atoms with E-state index in [4.69, 9.17) is 9.63 Å². The molecular weight excluding hydrogens is 332 g/mol. The van der Waals surface area contributed by atoms with E-state index < -0.39 is 5.97 Å². The van der Waals surface area contributed by atoms with E-state index in [9.17, 15) is 9.90 Å². The maximum atomic E-state index is 10.9. The molecule has 3 rings (SSSR count). The molecule has 0 atom stereocenters. The van der Waals surface area contributed by atoms with E-state index in [0.717, 1.165) is 11.1 Å². The SMILES string of the molecule is CC(C)(C)Cc1cc(-c2noc(-c3ccc(C(=O)O)cc3)n2)ccc1O. The van der Waals surface area contributed by atoms with Gasteiger partial charge in [0.2, 0.25) is 5.82 Å². The number of nitrogens with zero attached hydrogens (tertiary/aromatic N) is 2. The maximum Gasteiger partial charge on any atom is 0.335 e. The summed E-state index contributed by atoms with van der Waals surface area (Å²) in [5.74, 6) is -0.0188. The number of carboxylic acid groups (broad SMARTS) is 1. The van der Waals surface area contributed by atoms with Crippen molar-refractivity contribution in [2.45, 2.75) is 27.2 Å². The number of aromatic carboxylic acids is 1. The number of rotatable bonds is 4. The average molecular weight is 352 g/mol. The zero-order valence-electron chi connectivity index (χ0n) is 14.9. The van der Waals surface area contributed by atoms with Crippen LogP contribution >= 0.6 is 0 Å². The fraction of sp³-hybridized carbons (Fsp3) is 0.250. The Labute approximate surface area is 151 Å². The second-order valence-electron chi connectivity index (χ2n) is 7.39. The molecule has 2 aromatic carbocycles. The Morgan fingerprint density at radius 3 is 2.35 bits per heavy atom. The van der Waals surface area contributed by atoms with E-state index >= 15 is 0 Å². The van der Waals surface area contributed by atoms with Crippen molar-refractivity contribution in [1.29, 1.82) is 0 Å². The minimum atomic E-state index is -0.988. The molecule has 0 fully saturated rings. The van der Waals surface area contributed by atoms with E-state index in [1.807, 2.05) is 6.07 Å². The quantitative estimate of drug-likeness (QED) is 0.722. The highest BCUT2D eigenvalue weighted by molar-refractivity contribution is 5.88. The molecule has 1 heterocycles. The molecule has 0 spiro atoms. The molecule has 0 radical (unpaired) electrons. The van der Waals surface area contributed by atoms with Crippen LogP contribution in [-0.4, -0.2) is 26.3 Å². The van der Waals surface area contributed by atoms with Crippen LogP contribution < -0.4 is 0 Å². The number of carboxylic acids is 1. The van der Waals surface area contributed by atoms with E-state index in [0.29, 0.717) is 23.7 Å². The predicted molar refractivity (Wildman–Crippen MR) is 97.0 cm³/mol. The van der Waals surface area contributed by atoms with Crippen LogP contribution in [0.2, 0.25) is 0 Å². The number of benzene rings is 2. The lowest BCUT2D eigenvalue weighted by molar-refractivity contribution is 0.0697. The van der Waals surface area contributed by atoms with Crippen molar-refractivity contribution in [3.8, 4) is 28.6 Å². The molecule has 0 bridgehead atoms. The average Bonchev–Trinajstić information content (AvgIpc) is 3.06. The van der Waals surface area contributed by atoms with Gasteiger partial charge < -0.3 is 14.7 Å². The van der Waals surface area contributed by atoms with Crippen LogP contribution in [0.15, 0.2) is 47.0 Å². The van der Waals surface area contributed by atoms with Gasteiger partial charge in [0, 0.05) is 11.1 Å². The first-order chi connectivity index (χ1) is 12.2. The summed E-state index contributed by atoms with van der Waals surface area (Å²) in [6, 6.07) is 11.5. The van der Waals surface area contributed by atoms with Crippen LogP contribution in [0.3, 0.4) is 0 Å². The van der Waals surface area contributed by atoms with Gasteiger partial charge in [-0.3, -0.25) is 0 Å². The first kappa shape index (κ1) is 17.7. The van der Waals surface area contributed by atoms with Crippen LogP contribution in [0.25, 0.3) is 22.8 Å². The maximum absolute atomic E-state index is 10.9. The first-order valence-corrected chi connectivity index (χ1v) is 8.23. The largest absolute Gasteiger partial charge is 0.508 e. The van der Waals surface area contributed by atoms with E-state index in [1.165, 1.54) is 12.1 Å². The molecule has 1 aromatic heterocycles. The van der Waals surface area contributed by atoms with Gasteiger partial charge in [-0.05, 0) is 59.9 Å². The third-order valence-electron chi connectivity index (χ3n) is 3.86. The van der Waals surface area contributed by atoms with Gasteiger partial charge in [0.05, 0.1) is 5.56 Å². The fourth-order valence-corrected chi connectivity index (χ4v) is 2.65. The number of carbonyl (C=O) groups is 1. The number of aromatic nitrogens is 2. The smallest absolute Gasteiger partial charge is 0.335 e.